The van der Waals surface area contributed by atoms with E-state index in [1.165, 1.54) is 0 Å². The van der Waals surface area contributed by atoms with Gasteiger partial charge >= 0.3 is 57.1 Å². The van der Waals surface area contributed by atoms with E-state index in [2.05, 4.69) is 0 Å². The van der Waals surface area contributed by atoms with Crippen molar-refractivity contribution in [2.45, 2.75) is 47.0 Å². The van der Waals surface area contributed by atoms with Crippen LogP contribution in [0.1, 0.15) is 0 Å². The second-order valence-electron chi connectivity index (χ2n) is 4.94. The van der Waals surface area contributed by atoms with Gasteiger partial charge in [-0.1, -0.05) is 0 Å². The van der Waals surface area contributed by atoms with Gasteiger partial charge in [-0.3, -0.25) is 4.55 Å². The maximum atomic E-state index is 13.7. The molecule has 0 aromatic heterocycles. The SMILES string of the molecule is O=S(=O)(O)C(F)(C(F)(F)C(F)(F)F)C(F)(F)C(F)(F)C(F)(F)C(F)(F)C(F)(F)F. The fraction of sp³-hybridized carbons (Fsp3) is 1.00. The molecule has 0 aromatic rings. The first-order valence-electron chi connectivity index (χ1n) is 5.68. The first kappa shape index (κ1) is 27.7. The summed E-state index contributed by atoms with van der Waals surface area (Å²) in [6, 6.07) is 0. The van der Waals surface area contributed by atoms with Gasteiger partial charge in [-0.05, 0) is 0 Å². The molecular weight excluding hydrogens is 499 g/mol. The zero-order valence-corrected chi connectivity index (χ0v) is 12.9. The van der Waals surface area contributed by atoms with E-state index in [9.17, 15) is 83.1 Å². The van der Waals surface area contributed by atoms with E-state index in [-0.39, 0.29) is 0 Å². The van der Waals surface area contributed by atoms with E-state index in [1.807, 2.05) is 0 Å². The van der Waals surface area contributed by atoms with Gasteiger partial charge in [0.2, 0.25) is 0 Å². The van der Waals surface area contributed by atoms with Crippen LogP contribution in [-0.4, -0.2) is 59.9 Å². The van der Waals surface area contributed by atoms with Gasteiger partial charge in [-0.2, -0.15) is 78.7 Å². The lowest BCUT2D eigenvalue weighted by Crippen LogP contribution is -2.77. The van der Waals surface area contributed by atoms with Crippen molar-refractivity contribution in [1.82, 2.24) is 0 Å². The predicted octanol–water partition coefficient (Wildman–Crippen LogP) is 4.84. The minimum atomic E-state index is -8.95. The summed E-state index contributed by atoms with van der Waals surface area (Å²) in [7, 11) is -8.61. The van der Waals surface area contributed by atoms with Gasteiger partial charge in [-0.25, -0.2) is 4.39 Å². The lowest BCUT2D eigenvalue weighted by Gasteiger charge is -2.43. The molecular formula is C8HF17O3S. The monoisotopic (exact) mass is 500 g/mol. The van der Waals surface area contributed by atoms with Crippen LogP contribution in [0.25, 0.3) is 0 Å². The number of hydrogen-bond donors (Lipinski definition) is 1. The van der Waals surface area contributed by atoms with Gasteiger partial charge in [0.25, 0.3) is 0 Å². The average Bonchev–Trinajstić information content (AvgIpc) is 2.41. The van der Waals surface area contributed by atoms with E-state index in [0.717, 1.165) is 0 Å². The maximum Gasteiger partial charge on any atom is 0.460 e. The van der Waals surface area contributed by atoms with Crippen molar-refractivity contribution >= 4 is 10.1 Å². The van der Waals surface area contributed by atoms with Crippen LogP contribution < -0.4 is 0 Å². The molecule has 1 N–H and O–H groups in total. The molecule has 0 heterocycles. The Hall–Kier alpha value is -1.28. The van der Waals surface area contributed by atoms with Crippen LogP contribution in [0, 0.1) is 0 Å². The quantitative estimate of drug-likeness (QED) is 0.420. The van der Waals surface area contributed by atoms with Gasteiger partial charge in [0.15, 0.2) is 0 Å². The fourth-order valence-corrected chi connectivity index (χ4v) is 2.37. The van der Waals surface area contributed by atoms with Crippen molar-refractivity contribution in [1.29, 1.82) is 0 Å². The Kier molecular flexibility index (Phi) is 6.08. The zero-order chi connectivity index (χ0) is 24.5. The standard InChI is InChI=1S/C8HF17O3S/c9-1(10,2(11,12)4(15,16)7(20,21)22)3(13,14)6(19,29(26,27)28)5(17,18)8(23,24)25/h(H,26,27,28). The van der Waals surface area contributed by atoms with Crippen LogP contribution in [-0.2, 0) is 10.1 Å². The third-order valence-corrected chi connectivity index (χ3v) is 4.28. The molecule has 1 atom stereocenters. The smallest absolute Gasteiger partial charge is 0.283 e. The van der Waals surface area contributed by atoms with Crippen LogP contribution in [0.2, 0.25) is 0 Å². The number of rotatable bonds is 6. The first-order valence-corrected chi connectivity index (χ1v) is 7.12. The lowest BCUT2D eigenvalue weighted by atomic mass is 9.92. The molecule has 0 amide bonds. The third kappa shape index (κ3) is 3.26. The summed E-state index contributed by atoms with van der Waals surface area (Å²) in [6.07, 6.45) is -15.9. The fourth-order valence-electron chi connectivity index (χ4n) is 1.48. The Morgan fingerprint density at radius 1 is 0.414 bits per heavy atom. The molecule has 0 fully saturated rings. The number of alkyl halides is 17. The summed E-state index contributed by atoms with van der Waals surface area (Å²) in [5.41, 5.74) is 0. The van der Waals surface area contributed by atoms with Gasteiger partial charge in [-0.15, -0.1) is 0 Å². The highest BCUT2D eigenvalue weighted by Gasteiger charge is 2.97. The topological polar surface area (TPSA) is 54.4 Å². The Bertz CT molecular complexity index is 731. The normalized spacial score (nSPS) is 18.6. The molecule has 176 valence electrons. The largest absolute Gasteiger partial charge is 0.460 e. The minimum absolute atomic E-state index is 7.91. The maximum absolute atomic E-state index is 13.7. The second-order valence-corrected chi connectivity index (χ2v) is 6.45. The minimum Gasteiger partial charge on any atom is -0.283 e. The average molecular weight is 500 g/mol. The summed E-state index contributed by atoms with van der Waals surface area (Å²) in [6.45, 7) is 0. The molecule has 29 heavy (non-hydrogen) atoms. The summed E-state index contributed by atoms with van der Waals surface area (Å²) in [5.74, 6) is -43.4. The summed E-state index contributed by atoms with van der Waals surface area (Å²) in [5, 5.41) is -8.60. The van der Waals surface area contributed by atoms with Crippen LogP contribution in [0.15, 0.2) is 0 Å². The lowest BCUT2D eigenvalue weighted by molar-refractivity contribution is -0.442. The molecule has 0 saturated heterocycles. The Morgan fingerprint density at radius 2 is 0.655 bits per heavy atom. The van der Waals surface area contributed by atoms with Crippen LogP contribution in [0.5, 0.6) is 0 Å². The summed E-state index contributed by atoms with van der Waals surface area (Å²) >= 11 is 0. The highest BCUT2D eigenvalue weighted by molar-refractivity contribution is 7.87. The van der Waals surface area contributed by atoms with Crippen molar-refractivity contribution in [2.24, 2.45) is 0 Å². The molecule has 0 bridgehead atoms. The predicted molar refractivity (Wildman–Crippen MR) is 52.2 cm³/mol. The highest BCUT2D eigenvalue weighted by atomic mass is 32.2. The molecule has 0 rings (SSSR count). The first-order chi connectivity index (χ1) is 12.0. The summed E-state index contributed by atoms with van der Waals surface area (Å²) in [4.78, 5) is 0. The second kappa shape index (κ2) is 6.36. The molecule has 0 aliphatic rings. The van der Waals surface area contributed by atoms with Gasteiger partial charge in [0.1, 0.15) is 0 Å². The van der Waals surface area contributed by atoms with Crippen molar-refractivity contribution in [3.8, 4) is 0 Å². The molecule has 0 aliphatic heterocycles. The molecule has 0 radical (unpaired) electrons. The van der Waals surface area contributed by atoms with Crippen molar-refractivity contribution in [3.05, 3.63) is 0 Å². The van der Waals surface area contributed by atoms with Crippen molar-refractivity contribution in [2.75, 3.05) is 0 Å². The van der Waals surface area contributed by atoms with E-state index in [4.69, 9.17) is 4.55 Å². The molecule has 0 saturated carbocycles. The third-order valence-electron chi connectivity index (χ3n) is 3.06. The van der Waals surface area contributed by atoms with Gasteiger partial charge in [0.05, 0.1) is 0 Å². The highest BCUT2D eigenvalue weighted by Crippen LogP contribution is 2.64. The van der Waals surface area contributed by atoms with Crippen LogP contribution in [0.3, 0.4) is 0 Å². The van der Waals surface area contributed by atoms with E-state index < -0.39 is 57.1 Å². The molecule has 1 unspecified atom stereocenters. The Morgan fingerprint density at radius 3 is 0.862 bits per heavy atom. The van der Waals surface area contributed by atoms with E-state index in [0.29, 0.717) is 0 Å². The molecule has 3 nitrogen and oxygen atoms in total. The van der Waals surface area contributed by atoms with Crippen LogP contribution >= 0.6 is 0 Å². The Labute approximate surface area is 146 Å². The molecule has 21 heteroatoms. The molecule has 0 aromatic carbocycles. The van der Waals surface area contributed by atoms with Gasteiger partial charge in [0, 0.05) is 0 Å². The number of hydrogen-bond acceptors (Lipinski definition) is 2. The number of halogens is 17. The summed E-state index contributed by atoms with van der Waals surface area (Å²) < 4.78 is 243. The Balaban J connectivity index is 7.30. The zero-order valence-electron chi connectivity index (χ0n) is 12.1. The van der Waals surface area contributed by atoms with Crippen molar-refractivity contribution in [3.63, 3.8) is 0 Å². The van der Waals surface area contributed by atoms with Crippen LogP contribution in [0.4, 0.5) is 74.6 Å². The van der Waals surface area contributed by atoms with Crippen molar-refractivity contribution < 1.29 is 87.6 Å². The van der Waals surface area contributed by atoms with Gasteiger partial charge < -0.3 is 0 Å². The molecule has 0 spiro atoms. The van der Waals surface area contributed by atoms with E-state index >= 15 is 0 Å². The van der Waals surface area contributed by atoms with E-state index in [1.54, 1.807) is 0 Å². The molecule has 0 aliphatic carbocycles.